The molecule has 0 aliphatic carbocycles. The van der Waals surface area contributed by atoms with Crippen molar-refractivity contribution in [3.05, 3.63) is 39.4 Å². The summed E-state index contributed by atoms with van der Waals surface area (Å²) in [5, 5.41) is 10.0. The average Bonchev–Trinajstić information content (AvgIpc) is 3.50. The molecule has 0 bridgehead atoms. The summed E-state index contributed by atoms with van der Waals surface area (Å²) < 4.78 is 33.8. The summed E-state index contributed by atoms with van der Waals surface area (Å²) in [5.41, 5.74) is 0.606. The van der Waals surface area contributed by atoms with Crippen LogP contribution in [0.3, 0.4) is 0 Å². The molecule has 1 fully saturated rings. The highest BCUT2D eigenvalue weighted by Crippen LogP contribution is 2.33. The van der Waals surface area contributed by atoms with Crippen molar-refractivity contribution in [3.63, 3.8) is 0 Å². The van der Waals surface area contributed by atoms with Gasteiger partial charge in [-0.1, -0.05) is 0 Å². The van der Waals surface area contributed by atoms with Crippen molar-refractivity contribution in [2.75, 3.05) is 31.6 Å². The van der Waals surface area contributed by atoms with Crippen LogP contribution in [0.15, 0.2) is 39.4 Å². The van der Waals surface area contributed by atoms with Gasteiger partial charge in [0.25, 0.3) is 5.92 Å². The second-order valence-corrected chi connectivity index (χ2v) is 8.90. The number of likely N-dealkylation sites (tertiary alicyclic amines) is 1. The highest BCUT2D eigenvalue weighted by atomic mass is 32.1. The number of nitrogens with one attached hydrogen (secondary N) is 2. The predicted octanol–water partition coefficient (Wildman–Crippen LogP) is 2.11. The summed E-state index contributed by atoms with van der Waals surface area (Å²) in [4.78, 5) is 39.1. The highest BCUT2D eigenvalue weighted by Gasteiger charge is 2.48. The number of carbonyl (C=O) groups is 2. The maximum absolute atomic E-state index is 14.3. The third-order valence-electron chi connectivity index (χ3n) is 4.88. The maximum Gasteiger partial charge on any atom is 0.337 e. The molecule has 2 aliphatic rings. The van der Waals surface area contributed by atoms with E-state index in [0.717, 1.165) is 0 Å². The molecular weight excluding hydrogens is 462 g/mol. The Bertz CT molecular complexity index is 1040. The van der Waals surface area contributed by atoms with Crippen LogP contribution in [0.5, 0.6) is 0 Å². The standard InChI is InChI=1S/C19H20F2N6O3S2/c1-2-30-17(29)11-8-24-14(16-22-3-5-31-16)25-12(11)9-27-10-19(20,21)7-13(27)15(28)26-18-23-4-6-32-18/h3-6,13H,2,7-10H2,1H3,(H,24,25)(H,23,26,28). The number of aliphatic imine (C=N–C) groups is 1. The number of ether oxygens (including phenoxy) is 1. The number of alkyl halides is 2. The number of halogens is 2. The van der Waals surface area contributed by atoms with Crippen LogP contribution in [0.1, 0.15) is 18.4 Å². The van der Waals surface area contributed by atoms with Gasteiger partial charge in [-0.25, -0.2) is 23.5 Å². The van der Waals surface area contributed by atoms with Gasteiger partial charge in [0.1, 0.15) is 0 Å². The van der Waals surface area contributed by atoms with E-state index >= 15 is 0 Å². The molecule has 170 valence electrons. The van der Waals surface area contributed by atoms with Crippen molar-refractivity contribution in [1.29, 1.82) is 0 Å². The predicted molar refractivity (Wildman–Crippen MR) is 116 cm³/mol. The first-order chi connectivity index (χ1) is 15.4. The van der Waals surface area contributed by atoms with Crippen LogP contribution in [0, 0.1) is 0 Å². The van der Waals surface area contributed by atoms with E-state index in [1.807, 2.05) is 0 Å². The van der Waals surface area contributed by atoms with Crippen LogP contribution < -0.4 is 10.6 Å². The zero-order valence-corrected chi connectivity index (χ0v) is 18.6. The van der Waals surface area contributed by atoms with Crippen LogP contribution >= 0.6 is 22.7 Å². The molecule has 0 radical (unpaired) electrons. The molecule has 2 aromatic heterocycles. The van der Waals surface area contributed by atoms with E-state index in [-0.39, 0.29) is 25.3 Å². The van der Waals surface area contributed by atoms with Crippen molar-refractivity contribution in [2.24, 2.45) is 4.99 Å². The smallest absolute Gasteiger partial charge is 0.337 e. The first-order valence-corrected chi connectivity index (χ1v) is 11.5. The zero-order valence-electron chi connectivity index (χ0n) is 17.0. The number of rotatable bonds is 7. The van der Waals surface area contributed by atoms with E-state index in [9.17, 15) is 18.4 Å². The number of hydrogen-bond acceptors (Lipinski definition) is 10. The molecule has 1 unspecified atom stereocenters. The van der Waals surface area contributed by atoms with E-state index < -0.39 is 36.8 Å². The van der Waals surface area contributed by atoms with Gasteiger partial charge in [0.15, 0.2) is 16.0 Å². The van der Waals surface area contributed by atoms with Gasteiger partial charge in [0, 0.05) is 41.8 Å². The number of amidine groups is 1. The summed E-state index contributed by atoms with van der Waals surface area (Å²) in [6.45, 7) is 1.17. The lowest BCUT2D eigenvalue weighted by Crippen LogP contribution is -2.44. The Labute approximate surface area is 190 Å². The molecule has 32 heavy (non-hydrogen) atoms. The Balaban J connectivity index is 1.57. The fourth-order valence-electron chi connectivity index (χ4n) is 3.50. The normalized spacial score (nSPS) is 20.6. The summed E-state index contributed by atoms with van der Waals surface area (Å²) in [6, 6.07) is -1.09. The fourth-order valence-corrected chi connectivity index (χ4v) is 4.63. The summed E-state index contributed by atoms with van der Waals surface area (Å²) in [6.07, 6.45) is 2.51. The number of aromatic nitrogens is 2. The first kappa shape index (κ1) is 22.4. The summed E-state index contributed by atoms with van der Waals surface area (Å²) in [5.74, 6) is -3.75. The minimum Gasteiger partial charge on any atom is -0.463 e. The topological polar surface area (TPSA) is 109 Å². The van der Waals surface area contributed by atoms with E-state index in [1.165, 1.54) is 33.8 Å². The minimum atomic E-state index is -3.05. The molecule has 9 nitrogen and oxygen atoms in total. The molecular formula is C19H20F2N6O3S2. The summed E-state index contributed by atoms with van der Waals surface area (Å²) in [7, 11) is 0. The Kier molecular flexibility index (Phi) is 6.58. The molecule has 1 saturated heterocycles. The second kappa shape index (κ2) is 9.38. The number of thiazole rings is 2. The van der Waals surface area contributed by atoms with Crippen molar-refractivity contribution in [1.82, 2.24) is 20.2 Å². The minimum absolute atomic E-state index is 0.0241. The SMILES string of the molecule is CCOC(=O)C1=C(CN2CC(F)(F)CC2C(=O)Nc2nccs2)NC(c2nccs2)=NC1. The molecule has 0 saturated carbocycles. The Morgan fingerprint density at radius 2 is 2.09 bits per heavy atom. The van der Waals surface area contributed by atoms with Crippen molar-refractivity contribution in [2.45, 2.75) is 25.3 Å². The van der Waals surface area contributed by atoms with Gasteiger partial charge in [-0.15, -0.1) is 22.7 Å². The monoisotopic (exact) mass is 482 g/mol. The molecule has 0 spiro atoms. The lowest BCUT2D eigenvalue weighted by atomic mass is 10.1. The van der Waals surface area contributed by atoms with Gasteiger partial charge in [0.2, 0.25) is 5.91 Å². The zero-order chi connectivity index (χ0) is 22.7. The first-order valence-electron chi connectivity index (χ1n) is 9.79. The van der Waals surface area contributed by atoms with E-state index in [1.54, 1.807) is 23.9 Å². The van der Waals surface area contributed by atoms with Crippen molar-refractivity contribution >= 4 is 45.5 Å². The largest absolute Gasteiger partial charge is 0.463 e. The van der Waals surface area contributed by atoms with E-state index in [0.29, 0.717) is 21.7 Å². The quantitative estimate of drug-likeness (QED) is 0.582. The number of nitrogens with zero attached hydrogens (tertiary/aromatic N) is 4. The molecule has 2 aliphatic heterocycles. The van der Waals surface area contributed by atoms with Gasteiger partial charge in [0.05, 0.1) is 31.3 Å². The van der Waals surface area contributed by atoms with E-state index in [2.05, 4.69) is 25.6 Å². The third-order valence-corrected chi connectivity index (χ3v) is 6.35. The average molecular weight is 483 g/mol. The molecule has 1 atom stereocenters. The Hall–Kier alpha value is -2.77. The number of anilines is 1. The Morgan fingerprint density at radius 1 is 1.31 bits per heavy atom. The lowest BCUT2D eigenvalue weighted by Gasteiger charge is -2.27. The van der Waals surface area contributed by atoms with Crippen LogP contribution in [0.25, 0.3) is 0 Å². The molecule has 1 amide bonds. The molecule has 2 N–H and O–H groups in total. The van der Waals surface area contributed by atoms with Crippen molar-refractivity contribution < 1.29 is 23.1 Å². The Morgan fingerprint density at radius 3 is 2.78 bits per heavy atom. The highest BCUT2D eigenvalue weighted by molar-refractivity contribution is 7.13. The van der Waals surface area contributed by atoms with E-state index in [4.69, 9.17) is 4.74 Å². The van der Waals surface area contributed by atoms with Gasteiger partial charge < -0.3 is 15.4 Å². The van der Waals surface area contributed by atoms with Gasteiger partial charge in [-0.2, -0.15) is 0 Å². The van der Waals surface area contributed by atoms with Crippen molar-refractivity contribution in [3.8, 4) is 0 Å². The number of amides is 1. The van der Waals surface area contributed by atoms with Gasteiger partial charge in [-0.05, 0) is 6.92 Å². The second-order valence-electron chi connectivity index (χ2n) is 7.11. The number of esters is 1. The molecule has 0 aromatic carbocycles. The molecule has 4 heterocycles. The van der Waals surface area contributed by atoms with Crippen LogP contribution in [-0.4, -0.2) is 70.8 Å². The third kappa shape index (κ3) is 5.00. The number of carbonyl (C=O) groups excluding carboxylic acids is 2. The molecule has 2 aromatic rings. The maximum atomic E-state index is 14.3. The lowest BCUT2D eigenvalue weighted by molar-refractivity contribution is -0.138. The van der Waals surface area contributed by atoms with Gasteiger partial charge in [-0.3, -0.25) is 14.7 Å². The molecule has 13 heteroatoms. The number of hydrogen-bond donors (Lipinski definition) is 2. The fraction of sp³-hybridized carbons (Fsp3) is 0.421. The summed E-state index contributed by atoms with van der Waals surface area (Å²) >= 11 is 2.56. The van der Waals surface area contributed by atoms with Crippen LogP contribution in [0.4, 0.5) is 13.9 Å². The van der Waals surface area contributed by atoms with Crippen LogP contribution in [0.2, 0.25) is 0 Å². The van der Waals surface area contributed by atoms with Gasteiger partial charge >= 0.3 is 5.97 Å². The van der Waals surface area contributed by atoms with Crippen LogP contribution in [-0.2, 0) is 14.3 Å². The molecule has 4 rings (SSSR count).